The number of thiazole rings is 1. The van der Waals surface area contributed by atoms with Crippen molar-refractivity contribution in [3.05, 3.63) is 23.1 Å². The van der Waals surface area contributed by atoms with Crippen LogP contribution in [0.2, 0.25) is 0 Å². The molecule has 0 aromatic carbocycles. The third kappa shape index (κ3) is 2.53. The Labute approximate surface area is 130 Å². The van der Waals surface area contributed by atoms with Gasteiger partial charge in [-0.25, -0.2) is 4.98 Å². The van der Waals surface area contributed by atoms with E-state index in [1.54, 1.807) is 0 Å². The van der Waals surface area contributed by atoms with Gasteiger partial charge in [0.1, 0.15) is 11.2 Å². The fourth-order valence-electron chi connectivity index (χ4n) is 3.93. The Bertz CT molecular complexity index is 628. The fraction of sp³-hybridized carbons (Fsp3) is 0.706. The second kappa shape index (κ2) is 5.40. The minimum absolute atomic E-state index is 0.325. The summed E-state index contributed by atoms with van der Waals surface area (Å²) in [5.41, 5.74) is 1.15. The van der Waals surface area contributed by atoms with E-state index in [1.165, 1.54) is 48.2 Å². The van der Waals surface area contributed by atoms with Gasteiger partial charge < -0.3 is 5.11 Å². The highest BCUT2D eigenvalue weighted by Gasteiger charge is 2.33. The summed E-state index contributed by atoms with van der Waals surface area (Å²) in [5.74, 6) is 2.14. The van der Waals surface area contributed by atoms with Gasteiger partial charge in [0.05, 0.1) is 18.0 Å². The molecule has 0 saturated heterocycles. The summed E-state index contributed by atoms with van der Waals surface area (Å²) in [6.07, 6.45) is 12.3. The second-order valence-electron chi connectivity index (χ2n) is 7.00. The number of rotatable bonds is 4. The Kier molecular flexibility index (Phi) is 3.54. The predicted molar refractivity (Wildman–Crippen MR) is 85.7 cm³/mol. The first kappa shape index (κ1) is 13.8. The van der Waals surface area contributed by atoms with Crippen LogP contribution in [0.3, 0.4) is 0 Å². The summed E-state index contributed by atoms with van der Waals surface area (Å²) in [6.45, 7) is 2.36. The summed E-state index contributed by atoms with van der Waals surface area (Å²) in [4.78, 5) is 6.85. The van der Waals surface area contributed by atoms with Crippen molar-refractivity contribution in [3.63, 3.8) is 0 Å². The van der Waals surface area contributed by atoms with Gasteiger partial charge in [-0.2, -0.15) is 0 Å². The molecule has 3 atom stereocenters. The van der Waals surface area contributed by atoms with E-state index in [1.807, 2.05) is 23.9 Å². The van der Waals surface area contributed by atoms with Crippen molar-refractivity contribution in [3.8, 4) is 0 Å². The smallest absolute Gasteiger partial charge is 0.120 e. The molecule has 4 rings (SSSR count). The van der Waals surface area contributed by atoms with Crippen LogP contribution in [0.4, 0.5) is 0 Å². The molecule has 21 heavy (non-hydrogen) atoms. The summed E-state index contributed by atoms with van der Waals surface area (Å²) >= 11 is 1.83. The third-order valence-electron chi connectivity index (χ3n) is 5.41. The monoisotopic (exact) mass is 304 g/mol. The normalized spacial score (nSPS) is 28.1. The molecule has 2 saturated carbocycles. The number of aliphatic hydroxyl groups is 1. The predicted octanol–water partition coefficient (Wildman–Crippen LogP) is 4.52. The summed E-state index contributed by atoms with van der Waals surface area (Å²) in [7, 11) is 0. The molecular weight excluding hydrogens is 280 g/mol. The lowest BCUT2D eigenvalue weighted by Crippen LogP contribution is -2.20. The van der Waals surface area contributed by atoms with Gasteiger partial charge >= 0.3 is 0 Å². The van der Waals surface area contributed by atoms with Gasteiger partial charge in [-0.3, -0.25) is 4.40 Å². The molecule has 2 aromatic rings. The molecule has 2 aliphatic rings. The van der Waals surface area contributed by atoms with Crippen molar-refractivity contribution in [1.82, 2.24) is 9.38 Å². The molecule has 0 amide bonds. The van der Waals surface area contributed by atoms with E-state index in [0.717, 1.165) is 18.0 Å². The summed E-state index contributed by atoms with van der Waals surface area (Å²) < 4.78 is 2.14. The molecule has 114 valence electrons. The second-order valence-corrected chi connectivity index (χ2v) is 8.06. The molecule has 0 radical (unpaired) electrons. The Hall–Kier alpha value is -0.870. The number of aromatic nitrogens is 2. The van der Waals surface area contributed by atoms with Crippen LogP contribution >= 0.6 is 11.3 Å². The Morgan fingerprint density at radius 1 is 1.33 bits per heavy atom. The zero-order chi connectivity index (χ0) is 14.4. The average Bonchev–Trinajstić information content (AvgIpc) is 3.10. The van der Waals surface area contributed by atoms with Crippen LogP contribution in [0, 0.1) is 11.8 Å². The highest BCUT2D eigenvalue weighted by atomic mass is 32.1. The molecule has 0 aliphatic heterocycles. The Balaban J connectivity index is 1.62. The molecule has 4 heteroatoms. The van der Waals surface area contributed by atoms with Gasteiger partial charge in [0.2, 0.25) is 0 Å². The van der Waals surface area contributed by atoms with Gasteiger partial charge in [-0.1, -0.05) is 32.6 Å². The molecule has 0 bridgehead atoms. The van der Waals surface area contributed by atoms with Crippen LogP contribution in [-0.4, -0.2) is 14.5 Å². The van der Waals surface area contributed by atoms with Gasteiger partial charge in [0.25, 0.3) is 0 Å². The number of imidazole rings is 1. The topological polar surface area (TPSA) is 37.5 Å². The van der Waals surface area contributed by atoms with Crippen molar-refractivity contribution in [2.75, 3.05) is 0 Å². The number of fused-ring (bicyclic) bond motifs is 1. The van der Waals surface area contributed by atoms with E-state index in [0.29, 0.717) is 11.8 Å². The maximum Gasteiger partial charge on any atom is 0.120 e. The first-order valence-corrected chi connectivity index (χ1v) is 9.18. The average molecular weight is 304 g/mol. The van der Waals surface area contributed by atoms with Crippen molar-refractivity contribution < 1.29 is 5.11 Å². The molecule has 3 nitrogen and oxygen atoms in total. The first-order valence-electron chi connectivity index (χ1n) is 8.36. The molecule has 2 aliphatic carbocycles. The van der Waals surface area contributed by atoms with Crippen LogP contribution in [-0.2, 0) is 0 Å². The van der Waals surface area contributed by atoms with Crippen molar-refractivity contribution in [2.24, 2.45) is 11.8 Å². The van der Waals surface area contributed by atoms with Crippen LogP contribution in [0.5, 0.6) is 0 Å². The van der Waals surface area contributed by atoms with Crippen LogP contribution in [0.1, 0.15) is 74.5 Å². The van der Waals surface area contributed by atoms with Gasteiger partial charge in [0, 0.05) is 4.88 Å². The van der Waals surface area contributed by atoms with Crippen molar-refractivity contribution in [2.45, 2.75) is 63.9 Å². The van der Waals surface area contributed by atoms with E-state index >= 15 is 0 Å². The van der Waals surface area contributed by atoms with E-state index in [2.05, 4.69) is 16.3 Å². The molecule has 0 spiro atoms. The van der Waals surface area contributed by atoms with Crippen molar-refractivity contribution >= 4 is 16.2 Å². The van der Waals surface area contributed by atoms with E-state index in [4.69, 9.17) is 0 Å². The minimum Gasteiger partial charge on any atom is -0.387 e. The third-order valence-corrected chi connectivity index (χ3v) is 6.68. The molecule has 1 N–H and O–H groups in total. The van der Waals surface area contributed by atoms with Gasteiger partial charge in [0.15, 0.2) is 0 Å². The minimum atomic E-state index is -0.325. The van der Waals surface area contributed by atoms with Crippen molar-refractivity contribution in [1.29, 1.82) is 0 Å². The SMILES string of the molecule is CC1CCCCC1CC(O)c1c(C2CC2)sc2cncn12. The molecule has 2 heterocycles. The molecular formula is C17H24N2OS. The number of nitrogens with zero attached hydrogens (tertiary/aromatic N) is 2. The molecule has 2 fully saturated rings. The number of hydrogen-bond acceptors (Lipinski definition) is 3. The summed E-state index contributed by atoms with van der Waals surface area (Å²) in [5, 5.41) is 10.9. The standard InChI is InChI=1S/C17H24N2OS/c1-11-4-2-3-5-13(11)8-14(20)16-17(12-6-7-12)21-15-9-18-10-19(15)16/h9-14,20H,2-8H2,1H3. The lowest BCUT2D eigenvalue weighted by Gasteiger charge is -2.30. The Morgan fingerprint density at radius 2 is 2.14 bits per heavy atom. The maximum absolute atomic E-state index is 10.9. The number of aliphatic hydroxyl groups excluding tert-OH is 1. The largest absolute Gasteiger partial charge is 0.387 e. The van der Waals surface area contributed by atoms with Crippen LogP contribution in [0.25, 0.3) is 4.83 Å². The maximum atomic E-state index is 10.9. The fourth-order valence-corrected chi connectivity index (χ4v) is 5.25. The zero-order valence-electron chi connectivity index (χ0n) is 12.7. The lowest BCUT2D eigenvalue weighted by atomic mass is 9.77. The lowest BCUT2D eigenvalue weighted by molar-refractivity contribution is 0.106. The number of hydrogen-bond donors (Lipinski definition) is 1. The molecule has 2 aromatic heterocycles. The first-order chi connectivity index (χ1) is 10.2. The summed E-state index contributed by atoms with van der Waals surface area (Å²) in [6, 6.07) is 0. The Morgan fingerprint density at radius 3 is 2.90 bits per heavy atom. The van der Waals surface area contributed by atoms with Gasteiger partial charge in [-0.05, 0) is 37.0 Å². The molecule has 3 unspecified atom stereocenters. The zero-order valence-corrected chi connectivity index (χ0v) is 13.5. The van der Waals surface area contributed by atoms with Crippen LogP contribution < -0.4 is 0 Å². The highest BCUT2D eigenvalue weighted by Crippen LogP contribution is 2.48. The van der Waals surface area contributed by atoms with E-state index in [-0.39, 0.29) is 6.10 Å². The highest BCUT2D eigenvalue weighted by molar-refractivity contribution is 7.17. The van der Waals surface area contributed by atoms with Crippen LogP contribution in [0.15, 0.2) is 12.5 Å². The van der Waals surface area contributed by atoms with E-state index < -0.39 is 0 Å². The quantitative estimate of drug-likeness (QED) is 0.901. The van der Waals surface area contributed by atoms with E-state index in [9.17, 15) is 5.11 Å². The van der Waals surface area contributed by atoms with Gasteiger partial charge in [-0.15, -0.1) is 11.3 Å².